The summed E-state index contributed by atoms with van der Waals surface area (Å²) >= 11 is 0. The second-order valence-corrected chi connectivity index (χ2v) is 8.55. The molecule has 3 rings (SSSR count). The molecule has 166 valence electrons. The van der Waals surface area contributed by atoms with E-state index in [-0.39, 0.29) is 24.0 Å². The van der Waals surface area contributed by atoms with Crippen LogP contribution in [0.3, 0.4) is 0 Å². The van der Waals surface area contributed by atoms with Gasteiger partial charge in [-0.2, -0.15) is 0 Å². The van der Waals surface area contributed by atoms with Gasteiger partial charge in [0.25, 0.3) is 0 Å². The molecule has 2 atom stereocenters. The summed E-state index contributed by atoms with van der Waals surface area (Å²) < 4.78 is 10.1. The van der Waals surface area contributed by atoms with E-state index in [4.69, 9.17) is 15.2 Å². The van der Waals surface area contributed by atoms with Crippen molar-refractivity contribution in [1.29, 1.82) is 0 Å². The first-order valence-electron chi connectivity index (χ1n) is 10.1. The smallest absolute Gasteiger partial charge is 0.338 e. The lowest BCUT2D eigenvalue weighted by Crippen LogP contribution is -2.42. The normalized spacial score (nSPS) is 16.9. The summed E-state index contributed by atoms with van der Waals surface area (Å²) in [7, 11) is 1.33. The molecule has 0 radical (unpaired) electrons. The van der Waals surface area contributed by atoms with Crippen molar-refractivity contribution in [2.75, 3.05) is 7.11 Å². The molecule has 9 nitrogen and oxygen atoms in total. The minimum absolute atomic E-state index is 0.160. The molecule has 0 spiro atoms. The van der Waals surface area contributed by atoms with Crippen molar-refractivity contribution in [1.82, 2.24) is 15.3 Å². The fourth-order valence-electron chi connectivity index (χ4n) is 3.36. The third-order valence-corrected chi connectivity index (χ3v) is 4.86. The highest BCUT2D eigenvalue weighted by Gasteiger charge is 2.29. The van der Waals surface area contributed by atoms with Gasteiger partial charge in [-0.15, -0.1) is 0 Å². The van der Waals surface area contributed by atoms with Crippen molar-refractivity contribution in [3.05, 3.63) is 52.6 Å². The van der Waals surface area contributed by atoms with Crippen LogP contribution >= 0.6 is 0 Å². The average molecular weight is 428 g/mol. The van der Waals surface area contributed by atoms with E-state index in [2.05, 4.69) is 15.3 Å². The fourth-order valence-corrected chi connectivity index (χ4v) is 3.36. The zero-order valence-corrected chi connectivity index (χ0v) is 18.2. The predicted molar refractivity (Wildman–Crippen MR) is 113 cm³/mol. The Morgan fingerprint density at radius 2 is 2.03 bits per heavy atom. The van der Waals surface area contributed by atoms with E-state index >= 15 is 0 Å². The Morgan fingerprint density at radius 3 is 2.71 bits per heavy atom. The van der Waals surface area contributed by atoms with Crippen molar-refractivity contribution >= 4 is 17.7 Å². The Balaban J connectivity index is 1.68. The number of aromatic nitrogens is 2. The molecule has 0 fully saturated rings. The van der Waals surface area contributed by atoms with Crippen LogP contribution in [0.4, 0.5) is 0 Å². The van der Waals surface area contributed by atoms with Crippen LogP contribution in [-0.4, -0.2) is 52.5 Å². The van der Waals surface area contributed by atoms with Gasteiger partial charge in [-0.25, -0.2) is 9.78 Å². The molecule has 0 bridgehead atoms. The molecule has 2 aromatic rings. The van der Waals surface area contributed by atoms with Crippen LogP contribution < -0.4 is 11.1 Å². The van der Waals surface area contributed by atoms with E-state index < -0.39 is 23.7 Å². The Bertz CT molecular complexity index is 992. The molecule has 1 aromatic carbocycles. The summed E-state index contributed by atoms with van der Waals surface area (Å²) in [5.41, 5.74) is 8.10. The Labute approximate surface area is 180 Å². The Morgan fingerprint density at radius 1 is 1.29 bits per heavy atom. The highest BCUT2D eigenvalue weighted by molar-refractivity contribution is 5.97. The van der Waals surface area contributed by atoms with Crippen LogP contribution in [0.1, 0.15) is 58.7 Å². The van der Waals surface area contributed by atoms with E-state index in [1.807, 2.05) is 0 Å². The number of hydrogen-bond donors (Lipinski definition) is 3. The predicted octanol–water partition coefficient (Wildman–Crippen LogP) is 1.30. The zero-order valence-electron chi connectivity index (χ0n) is 18.2. The monoisotopic (exact) mass is 428 g/mol. The maximum atomic E-state index is 12.8. The lowest BCUT2D eigenvalue weighted by molar-refractivity contribution is -0.143. The van der Waals surface area contributed by atoms with Crippen LogP contribution in [0.5, 0.6) is 0 Å². The molecule has 1 unspecified atom stereocenters. The van der Waals surface area contributed by atoms with Gasteiger partial charge in [0.1, 0.15) is 11.6 Å². The summed E-state index contributed by atoms with van der Waals surface area (Å²) in [5, 5.41) is 3.05. The van der Waals surface area contributed by atoms with E-state index in [0.29, 0.717) is 24.2 Å². The maximum absolute atomic E-state index is 12.8. The van der Waals surface area contributed by atoms with Gasteiger partial charge in [0.05, 0.1) is 30.1 Å². The standard InChI is InChI=1S/C22H28N4O5/c1-22(2,3)31-20(28)13-7-5-6-12(8-13)9-14(23)18(27)19-25-15-10-16(21(29)30-4)24-11-17(15)26-19/h5-8,14,16,24H,9-11,23H2,1-4H3,(H,25,26)/t14-,16?/m0/s1. The van der Waals surface area contributed by atoms with Gasteiger partial charge in [-0.05, 0) is 44.9 Å². The number of carbonyl (C=O) groups is 3. The first kappa shape index (κ1) is 22.6. The number of fused-ring (bicyclic) bond motifs is 1. The number of rotatable bonds is 6. The minimum atomic E-state index is -0.842. The van der Waals surface area contributed by atoms with Gasteiger partial charge in [0.15, 0.2) is 5.82 Å². The summed E-state index contributed by atoms with van der Waals surface area (Å²) in [6.45, 7) is 5.78. The molecule has 1 aliphatic rings. The highest BCUT2D eigenvalue weighted by atomic mass is 16.6. The number of carbonyl (C=O) groups excluding carboxylic acids is 3. The topological polar surface area (TPSA) is 136 Å². The van der Waals surface area contributed by atoms with E-state index in [1.54, 1.807) is 45.0 Å². The van der Waals surface area contributed by atoms with Crippen LogP contribution in [0.15, 0.2) is 24.3 Å². The Hall–Kier alpha value is -3.04. The zero-order chi connectivity index (χ0) is 22.8. The SMILES string of the molecule is COC(=O)C1Cc2nc(C(=O)[C@@H](N)Cc3cccc(C(=O)OC(C)(C)C)c3)[nH]c2CN1. The summed E-state index contributed by atoms with van der Waals surface area (Å²) in [6.07, 6.45) is 0.572. The maximum Gasteiger partial charge on any atom is 0.338 e. The van der Waals surface area contributed by atoms with E-state index in [1.165, 1.54) is 7.11 Å². The van der Waals surface area contributed by atoms with Gasteiger partial charge in [0, 0.05) is 13.0 Å². The molecule has 9 heteroatoms. The average Bonchev–Trinajstić information content (AvgIpc) is 3.14. The molecule has 0 aliphatic carbocycles. The number of nitrogens with two attached hydrogens (primary N) is 1. The van der Waals surface area contributed by atoms with Crippen molar-refractivity contribution in [3.63, 3.8) is 0 Å². The van der Waals surface area contributed by atoms with Crippen LogP contribution in [0.25, 0.3) is 0 Å². The van der Waals surface area contributed by atoms with E-state index in [0.717, 1.165) is 11.3 Å². The molecule has 4 N–H and O–H groups in total. The van der Waals surface area contributed by atoms with Gasteiger partial charge in [0.2, 0.25) is 5.78 Å². The van der Waals surface area contributed by atoms with Crippen molar-refractivity contribution in [3.8, 4) is 0 Å². The number of methoxy groups -OCH3 is 1. The lowest BCUT2D eigenvalue weighted by Gasteiger charge is -2.20. The van der Waals surface area contributed by atoms with Gasteiger partial charge < -0.3 is 20.2 Å². The van der Waals surface area contributed by atoms with Crippen molar-refractivity contribution < 1.29 is 23.9 Å². The quantitative estimate of drug-likeness (QED) is 0.463. The van der Waals surface area contributed by atoms with E-state index in [9.17, 15) is 14.4 Å². The third-order valence-electron chi connectivity index (χ3n) is 4.86. The Kier molecular flexibility index (Phi) is 6.56. The number of benzene rings is 1. The molecule has 31 heavy (non-hydrogen) atoms. The largest absolute Gasteiger partial charge is 0.468 e. The molecule has 1 aromatic heterocycles. The summed E-state index contributed by atoms with van der Waals surface area (Å²) in [5.74, 6) is -0.983. The third kappa shape index (κ3) is 5.56. The number of ketones is 1. The summed E-state index contributed by atoms with van der Waals surface area (Å²) in [6, 6.07) is 5.55. The number of nitrogens with zero attached hydrogens (tertiary/aromatic N) is 1. The number of Topliss-reactive ketones (excluding diaryl/α,β-unsaturated/α-hetero) is 1. The first-order valence-corrected chi connectivity index (χ1v) is 10.1. The molecule has 0 saturated carbocycles. The first-order chi connectivity index (χ1) is 14.6. The second kappa shape index (κ2) is 8.99. The van der Waals surface area contributed by atoms with Crippen LogP contribution in [-0.2, 0) is 33.7 Å². The number of aromatic amines is 1. The number of esters is 2. The van der Waals surface area contributed by atoms with Gasteiger partial charge in [-0.1, -0.05) is 12.1 Å². The fraction of sp³-hybridized carbons (Fsp3) is 0.455. The van der Waals surface area contributed by atoms with Gasteiger partial charge in [-0.3, -0.25) is 14.9 Å². The van der Waals surface area contributed by atoms with Crippen molar-refractivity contribution in [2.24, 2.45) is 5.73 Å². The molecule has 1 aliphatic heterocycles. The minimum Gasteiger partial charge on any atom is -0.468 e. The molecular weight excluding hydrogens is 400 g/mol. The number of ether oxygens (including phenoxy) is 2. The molecule has 0 saturated heterocycles. The van der Waals surface area contributed by atoms with Crippen LogP contribution in [0.2, 0.25) is 0 Å². The number of imidazole rings is 1. The number of H-pyrrole nitrogens is 1. The summed E-state index contributed by atoms with van der Waals surface area (Å²) in [4.78, 5) is 44.2. The van der Waals surface area contributed by atoms with Gasteiger partial charge >= 0.3 is 11.9 Å². The second-order valence-electron chi connectivity index (χ2n) is 8.55. The highest BCUT2D eigenvalue weighted by Crippen LogP contribution is 2.18. The van der Waals surface area contributed by atoms with Crippen LogP contribution in [0, 0.1) is 0 Å². The number of nitrogens with one attached hydrogen (secondary N) is 2. The van der Waals surface area contributed by atoms with Crippen molar-refractivity contribution in [2.45, 2.75) is 57.8 Å². The molecular formula is C22H28N4O5. The molecule has 2 heterocycles. The number of hydrogen-bond acceptors (Lipinski definition) is 8. The lowest BCUT2D eigenvalue weighted by atomic mass is 10.0. The molecule has 0 amide bonds.